The van der Waals surface area contributed by atoms with Crippen LogP contribution in [0, 0.1) is 0 Å². The van der Waals surface area contributed by atoms with Gasteiger partial charge in [0, 0.05) is 40.6 Å². The smallest absolute Gasteiger partial charge is 0.273 e. The van der Waals surface area contributed by atoms with Gasteiger partial charge in [-0.3, -0.25) is 9.69 Å². The molecule has 0 aliphatic carbocycles. The van der Waals surface area contributed by atoms with Crippen molar-refractivity contribution >= 4 is 33.2 Å². The molecule has 3 aromatic rings. The lowest BCUT2D eigenvalue weighted by Gasteiger charge is -2.34. The van der Waals surface area contributed by atoms with Gasteiger partial charge in [-0.1, -0.05) is 39.3 Å². The summed E-state index contributed by atoms with van der Waals surface area (Å²) in [6, 6.07) is 13.6. The van der Waals surface area contributed by atoms with Gasteiger partial charge in [0.15, 0.2) is 11.5 Å². The molecule has 6 nitrogen and oxygen atoms in total. The topological polar surface area (TPSA) is 67.6 Å². The summed E-state index contributed by atoms with van der Waals surface area (Å²) in [6.07, 6.45) is 0. The third kappa shape index (κ3) is 4.52. The Morgan fingerprint density at radius 3 is 2.75 bits per heavy atom. The minimum Gasteiger partial charge on any atom is -0.379 e. The lowest BCUT2D eigenvalue weighted by molar-refractivity contribution is 0.0169. The maximum Gasteiger partial charge on any atom is 0.273 e. The van der Waals surface area contributed by atoms with Crippen molar-refractivity contribution in [1.82, 2.24) is 15.4 Å². The zero-order valence-electron chi connectivity index (χ0n) is 15.1. The van der Waals surface area contributed by atoms with Crippen molar-refractivity contribution in [2.45, 2.75) is 6.04 Å². The van der Waals surface area contributed by atoms with Gasteiger partial charge in [-0.2, -0.15) is 0 Å². The normalized spacial score (nSPS) is 16.0. The van der Waals surface area contributed by atoms with Crippen LogP contribution in [-0.4, -0.2) is 48.8 Å². The Kier molecular flexibility index (Phi) is 6.21. The van der Waals surface area contributed by atoms with Gasteiger partial charge in [0.1, 0.15) is 0 Å². The fourth-order valence-electron chi connectivity index (χ4n) is 3.19. The number of halogens is 1. The van der Waals surface area contributed by atoms with E-state index in [2.05, 4.69) is 42.7 Å². The zero-order valence-corrected chi connectivity index (χ0v) is 17.5. The number of carbonyl (C=O) groups excluding carboxylic acids is 1. The molecule has 1 aliphatic rings. The number of hydrogen-bond acceptors (Lipinski definition) is 6. The number of aromatic nitrogens is 1. The highest BCUT2D eigenvalue weighted by molar-refractivity contribution is 9.10. The van der Waals surface area contributed by atoms with Crippen LogP contribution in [0.2, 0.25) is 0 Å². The molecule has 8 heteroatoms. The van der Waals surface area contributed by atoms with Crippen LogP contribution in [0.15, 0.2) is 56.8 Å². The summed E-state index contributed by atoms with van der Waals surface area (Å²) >= 11 is 5.11. The van der Waals surface area contributed by atoms with Crippen LogP contribution < -0.4 is 5.32 Å². The Labute approximate surface area is 175 Å². The van der Waals surface area contributed by atoms with E-state index >= 15 is 0 Å². The van der Waals surface area contributed by atoms with E-state index in [4.69, 9.17) is 9.26 Å². The quantitative estimate of drug-likeness (QED) is 0.601. The molecule has 4 rings (SSSR count). The summed E-state index contributed by atoms with van der Waals surface area (Å²) in [5, 5.41) is 9.01. The molecule has 1 atom stereocenters. The molecule has 1 N–H and O–H groups in total. The molecule has 1 fully saturated rings. The number of benzene rings is 1. The first-order valence-electron chi connectivity index (χ1n) is 9.07. The molecule has 28 heavy (non-hydrogen) atoms. The van der Waals surface area contributed by atoms with Gasteiger partial charge in [-0.15, -0.1) is 11.3 Å². The Balaban J connectivity index is 1.43. The van der Waals surface area contributed by atoms with Crippen molar-refractivity contribution in [1.29, 1.82) is 0 Å². The van der Waals surface area contributed by atoms with E-state index in [9.17, 15) is 4.79 Å². The summed E-state index contributed by atoms with van der Waals surface area (Å²) in [7, 11) is 0. The third-order valence-electron chi connectivity index (χ3n) is 4.69. The van der Waals surface area contributed by atoms with Crippen molar-refractivity contribution in [3.05, 3.63) is 62.9 Å². The van der Waals surface area contributed by atoms with E-state index in [0.717, 1.165) is 36.3 Å². The average molecular weight is 462 g/mol. The van der Waals surface area contributed by atoms with Crippen LogP contribution in [-0.2, 0) is 4.74 Å². The summed E-state index contributed by atoms with van der Waals surface area (Å²) < 4.78 is 11.8. The van der Waals surface area contributed by atoms with Crippen LogP contribution in [0.3, 0.4) is 0 Å². The Morgan fingerprint density at radius 2 is 2.04 bits per heavy atom. The Bertz CT molecular complexity index is 905. The first-order chi connectivity index (χ1) is 13.7. The van der Waals surface area contributed by atoms with Crippen LogP contribution >= 0.6 is 27.3 Å². The van der Waals surface area contributed by atoms with Gasteiger partial charge >= 0.3 is 0 Å². The van der Waals surface area contributed by atoms with Gasteiger partial charge in [0.2, 0.25) is 0 Å². The molecule has 1 aromatic carbocycles. The number of amides is 1. The van der Waals surface area contributed by atoms with E-state index < -0.39 is 0 Å². The van der Waals surface area contributed by atoms with Crippen LogP contribution in [0.25, 0.3) is 11.3 Å². The maximum atomic E-state index is 12.6. The lowest BCUT2D eigenvalue weighted by Crippen LogP contribution is -2.43. The van der Waals surface area contributed by atoms with Crippen molar-refractivity contribution in [3.63, 3.8) is 0 Å². The molecule has 1 saturated heterocycles. The van der Waals surface area contributed by atoms with E-state index in [1.54, 1.807) is 17.4 Å². The SMILES string of the molecule is O=C(NCC(c1cccs1)N1CCOCC1)c1cc(-c2ccc(Br)cc2)on1. The van der Waals surface area contributed by atoms with E-state index in [0.29, 0.717) is 12.3 Å². The number of thiophene rings is 1. The highest BCUT2D eigenvalue weighted by Crippen LogP contribution is 2.26. The predicted molar refractivity (Wildman–Crippen MR) is 111 cm³/mol. The van der Waals surface area contributed by atoms with Crippen molar-refractivity contribution < 1.29 is 14.1 Å². The van der Waals surface area contributed by atoms with E-state index in [1.807, 2.05) is 30.3 Å². The Morgan fingerprint density at radius 1 is 1.25 bits per heavy atom. The summed E-state index contributed by atoms with van der Waals surface area (Å²) in [5.74, 6) is 0.336. The maximum absolute atomic E-state index is 12.6. The first kappa shape index (κ1) is 19.3. The van der Waals surface area contributed by atoms with Gasteiger partial charge in [-0.25, -0.2) is 0 Å². The fraction of sp³-hybridized carbons (Fsp3) is 0.300. The molecular weight excluding hydrogens is 442 g/mol. The Hall–Kier alpha value is -2.00. The second-order valence-corrected chi connectivity index (χ2v) is 8.37. The minimum atomic E-state index is -0.234. The number of rotatable bonds is 6. The number of morpholine rings is 1. The molecule has 1 amide bonds. The fourth-order valence-corrected chi connectivity index (χ4v) is 4.32. The molecule has 0 spiro atoms. The monoisotopic (exact) mass is 461 g/mol. The molecule has 146 valence electrons. The summed E-state index contributed by atoms with van der Waals surface area (Å²) in [4.78, 5) is 16.2. The minimum absolute atomic E-state index is 0.130. The van der Waals surface area contributed by atoms with Crippen molar-refractivity contribution in [2.75, 3.05) is 32.8 Å². The molecule has 0 bridgehead atoms. The van der Waals surface area contributed by atoms with Gasteiger partial charge in [0.05, 0.1) is 19.3 Å². The average Bonchev–Trinajstić information content (AvgIpc) is 3.42. The number of carbonyl (C=O) groups is 1. The zero-order chi connectivity index (χ0) is 19.3. The van der Waals surface area contributed by atoms with Crippen LogP contribution in [0.4, 0.5) is 0 Å². The largest absolute Gasteiger partial charge is 0.379 e. The molecular formula is C20H20BrN3O3S. The van der Waals surface area contributed by atoms with Gasteiger partial charge < -0.3 is 14.6 Å². The molecule has 1 unspecified atom stereocenters. The molecule has 1 aliphatic heterocycles. The molecule has 2 aromatic heterocycles. The van der Waals surface area contributed by atoms with Crippen LogP contribution in [0.5, 0.6) is 0 Å². The number of nitrogens with zero attached hydrogens (tertiary/aromatic N) is 2. The van der Waals surface area contributed by atoms with Crippen molar-refractivity contribution in [2.24, 2.45) is 0 Å². The number of hydrogen-bond donors (Lipinski definition) is 1. The molecule has 3 heterocycles. The van der Waals surface area contributed by atoms with Gasteiger partial charge in [-0.05, 0) is 23.6 Å². The lowest BCUT2D eigenvalue weighted by atomic mass is 10.1. The van der Waals surface area contributed by atoms with E-state index in [-0.39, 0.29) is 17.6 Å². The molecule has 0 radical (unpaired) electrons. The van der Waals surface area contributed by atoms with E-state index in [1.165, 1.54) is 4.88 Å². The van der Waals surface area contributed by atoms with Crippen molar-refractivity contribution in [3.8, 4) is 11.3 Å². The number of ether oxygens (including phenoxy) is 1. The number of nitrogens with one attached hydrogen (secondary N) is 1. The second kappa shape index (κ2) is 9.00. The third-order valence-corrected chi connectivity index (χ3v) is 6.19. The van der Waals surface area contributed by atoms with Crippen LogP contribution in [0.1, 0.15) is 21.4 Å². The highest BCUT2D eigenvalue weighted by Gasteiger charge is 2.24. The highest BCUT2D eigenvalue weighted by atomic mass is 79.9. The predicted octanol–water partition coefficient (Wildman–Crippen LogP) is 3.97. The summed E-state index contributed by atoms with van der Waals surface area (Å²) in [5.41, 5.74) is 1.16. The van der Waals surface area contributed by atoms with Gasteiger partial charge in [0.25, 0.3) is 5.91 Å². The standard InChI is InChI=1S/C20H20BrN3O3S/c21-15-5-3-14(4-6-15)18-12-16(23-27-18)20(25)22-13-17(19-2-1-11-28-19)24-7-9-26-10-8-24/h1-6,11-12,17H,7-10,13H2,(H,22,25). The first-order valence-corrected chi connectivity index (χ1v) is 10.7. The summed E-state index contributed by atoms with van der Waals surface area (Å²) in [6.45, 7) is 3.66. The molecule has 0 saturated carbocycles. The second-order valence-electron chi connectivity index (χ2n) is 6.47.